The van der Waals surface area contributed by atoms with Gasteiger partial charge < -0.3 is 19.5 Å². The molecule has 2 aromatic heterocycles. The highest BCUT2D eigenvalue weighted by molar-refractivity contribution is 14.0. The molecule has 1 amide bonds. The van der Waals surface area contributed by atoms with Gasteiger partial charge in [-0.05, 0) is 23.6 Å². The van der Waals surface area contributed by atoms with Crippen molar-refractivity contribution >= 4 is 57.2 Å². The third-order valence-corrected chi connectivity index (χ3v) is 7.13. The molecular formula is C17H24IN5O4S2. The van der Waals surface area contributed by atoms with Gasteiger partial charge in [-0.1, -0.05) is 6.07 Å². The quantitative estimate of drug-likeness (QED) is 0.242. The molecule has 1 aliphatic rings. The summed E-state index contributed by atoms with van der Waals surface area (Å²) in [5.74, 6) is 0.907. The summed E-state index contributed by atoms with van der Waals surface area (Å²) in [4.78, 5) is 20.4. The van der Waals surface area contributed by atoms with Crippen molar-refractivity contribution in [3.63, 3.8) is 0 Å². The lowest BCUT2D eigenvalue weighted by Gasteiger charge is -2.36. The molecular weight excluding hydrogens is 529 g/mol. The van der Waals surface area contributed by atoms with Crippen molar-refractivity contribution in [2.45, 2.75) is 4.21 Å². The van der Waals surface area contributed by atoms with Crippen LogP contribution in [0.15, 0.2) is 49.5 Å². The highest BCUT2D eigenvalue weighted by Crippen LogP contribution is 2.14. The van der Waals surface area contributed by atoms with Crippen molar-refractivity contribution in [2.24, 2.45) is 4.99 Å². The molecule has 1 saturated heterocycles. The molecule has 2 N–H and O–H groups in total. The van der Waals surface area contributed by atoms with Gasteiger partial charge in [0.2, 0.25) is 10.0 Å². The first-order chi connectivity index (χ1) is 13.5. The molecule has 0 unspecified atom stereocenters. The van der Waals surface area contributed by atoms with Crippen LogP contribution in [-0.4, -0.2) is 76.4 Å². The van der Waals surface area contributed by atoms with Crippen LogP contribution in [0.3, 0.4) is 0 Å². The molecule has 0 spiro atoms. The molecule has 1 fully saturated rings. The largest absolute Gasteiger partial charge is 0.459 e. The average Bonchev–Trinajstić information content (AvgIpc) is 3.42. The fraction of sp³-hybridized carbons (Fsp3) is 0.412. The molecule has 3 rings (SSSR count). The maximum atomic E-state index is 12.3. The lowest BCUT2D eigenvalue weighted by molar-refractivity contribution is 0.0658. The molecule has 0 bridgehead atoms. The standard InChI is InChI=1S/C17H23N5O4S2.HI/c1-18-17(19-6-7-20-28(24,25)15-5-3-13-27-15)22-10-8-21(9-11-22)16(23)14-4-2-12-26-14;/h2-5,12-13,20H,6-11H2,1H3,(H,18,19);1H. The minimum Gasteiger partial charge on any atom is -0.459 e. The number of rotatable bonds is 6. The van der Waals surface area contributed by atoms with E-state index in [2.05, 4.69) is 15.0 Å². The van der Waals surface area contributed by atoms with Crippen molar-refractivity contribution in [3.05, 3.63) is 41.7 Å². The Kier molecular flexibility index (Phi) is 8.92. The first-order valence-corrected chi connectivity index (χ1v) is 11.2. The van der Waals surface area contributed by atoms with E-state index in [0.29, 0.717) is 48.7 Å². The molecule has 29 heavy (non-hydrogen) atoms. The Morgan fingerprint density at radius 3 is 2.48 bits per heavy atom. The predicted molar refractivity (Wildman–Crippen MR) is 122 cm³/mol. The first-order valence-electron chi connectivity index (χ1n) is 8.83. The zero-order valence-electron chi connectivity index (χ0n) is 15.9. The molecule has 1 aliphatic heterocycles. The zero-order chi connectivity index (χ0) is 20.0. The molecule has 160 valence electrons. The van der Waals surface area contributed by atoms with Gasteiger partial charge in [0, 0.05) is 46.3 Å². The number of sulfonamides is 1. The number of halogens is 1. The Morgan fingerprint density at radius 2 is 1.90 bits per heavy atom. The van der Waals surface area contributed by atoms with Crippen molar-refractivity contribution in [2.75, 3.05) is 46.3 Å². The number of amides is 1. The Balaban J connectivity index is 0.00000300. The van der Waals surface area contributed by atoms with Crippen LogP contribution in [0.4, 0.5) is 0 Å². The maximum Gasteiger partial charge on any atom is 0.289 e. The van der Waals surface area contributed by atoms with Crippen molar-refractivity contribution in [1.82, 2.24) is 19.8 Å². The Labute approximate surface area is 191 Å². The lowest BCUT2D eigenvalue weighted by atomic mass is 10.3. The molecule has 3 heterocycles. The van der Waals surface area contributed by atoms with E-state index < -0.39 is 10.0 Å². The fourth-order valence-electron chi connectivity index (χ4n) is 2.86. The Hall–Kier alpha value is -1.64. The molecule has 0 radical (unpaired) electrons. The summed E-state index contributed by atoms with van der Waals surface area (Å²) in [5.41, 5.74) is 0. The number of nitrogens with zero attached hydrogens (tertiary/aromatic N) is 3. The van der Waals surface area contributed by atoms with Gasteiger partial charge in [0.25, 0.3) is 5.91 Å². The van der Waals surface area contributed by atoms with E-state index in [-0.39, 0.29) is 36.4 Å². The van der Waals surface area contributed by atoms with Crippen LogP contribution in [0.5, 0.6) is 0 Å². The van der Waals surface area contributed by atoms with Crippen LogP contribution in [0, 0.1) is 0 Å². The van der Waals surface area contributed by atoms with Crippen LogP contribution >= 0.6 is 35.3 Å². The van der Waals surface area contributed by atoms with Crippen molar-refractivity contribution in [1.29, 1.82) is 0 Å². The second kappa shape index (κ2) is 10.9. The maximum absolute atomic E-state index is 12.3. The number of piperazine rings is 1. The van der Waals surface area contributed by atoms with E-state index in [1.807, 2.05) is 4.90 Å². The molecule has 0 aromatic carbocycles. The van der Waals surface area contributed by atoms with Gasteiger partial charge in [0.15, 0.2) is 11.7 Å². The van der Waals surface area contributed by atoms with Gasteiger partial charge in [-0.2, -0.15) is 0 Å². The third kappa shape index (κ3) is 6.17. The topological polar surface area (TPSA) is 107 Å². The van der Waals surface area contributed by atoms with Gasteiger partial charge >= 0.3 is 0 Å². The summed E-state index contributed by atoms with van der Waals surface area (Å²) in [6.45, 7) is 3.04. The summed E-state index contributed by atoms with van der Waals surface area (Å²) in [6, 6.07) is 6.63. The minimum absolute atomic E-state index is 0. The van der Waals surface area contributed by atoms with Crippen LogP contribution in [0.1, 0.15) is 10.6 Å². The highest BCUT2D eigenvalue weighted by atomic mass is 127. The van der Waals surface area contributed by atoms with Crippen molar-refractivity contribution in [3.8, 4) is 0 Å². The van der Waals surface area contributed by atoms with E-state index in [0.717, 1.165) is 0 Å². The number of hydrogen-bond donors (Lipinski definition) is 2. The number of hydrogen-bond acceptors (Lipinski definition) is 6. The number of furan rings is 1. The van der Waals surface area contributed by atoms with Gasteiger partial charge in [-0.15, -0.1) is 35.3 Å². The summed E-state index contributed by atoms with van der Waals surface area (Å²) in [5, 5.41) is 4.89. The van der Waals surface area contributed by atoms with E-state index in [4.69, 9.17) is 4.42 Å². The molecule has 9 nitrogen and oxygen atoms in total. The monoisotopic (exact) mass is 553 g/mol. The van der Waals surface area contributed by atoms with Gasteiger partial charge in [0.1, 0.15) is 4.21 Å². The molecule has 0 atom stereocenters. The Bertz CT molecular complexity index is 892. The zero-order valence-corrected chi connectivity index (χ0v) is 19.9. The first kappa shape index (κ1) is 23.6. The third-order valence-electron chi connectivity index (χ3n) is 4.27. The summed E-state index contributed by atoms with van der Waals surface area (Å²) < 4.78 is 32.2. The van der Waals surface area contributed by atoms with Gasteiger partial charge in [-0.25, -0.2) is 13.1 Å². The summed E-state index contributed by atoms with van der Waals surface area (Å²) >= 11 is 1.18. The second-order valence-corrected chi connectivity index (χ2v) is 9.00. The minimum atomic E-state index is -3.46. The van der Waals surface area contributed by atoms with E-state index in [1.165, 1.54) is 17.6 Å². The van der Waals surface area contributed by atoms with Crippen LogP contribution < -0.4 is 10.0 Å². The van der Waals surface area contributed by atoms with E-state index in [9.17, 15) is 13.2 Å². The number of guanidine groups is 1. The number of carbonyl (C=O) groups is 1. The van der Waals surface area contributed by atoms with Gasteiger partial charge in [-0.3, -0.25) is 9.79 Å². The number of aliphatic imine (C=N–C) groups is 1. The number of nitrogens with one attached hydrogen (secondary N) is 2. The number of carbonyl (C=O) groups excluding carboxylic acids is 1. The average molecular weight is 553 g/mol. The second-order valence-electron chi connectivity index (χ2n) is 6.06. The predicted octanol–water partition coefficient (Wildman–Crippen LogP) is 1.27. The smallest absolute Gasteiger partial charge is 0.289 e. The fourth-order valence-corrected chi connectivity index (χ4v) is 4.93. The number of thiophene rings is 1. The Morgan fingerprint density at radius 1 is 1.17 bits per heavy atom. The normalized spacial score (nSPS) is 15.1. The molecule has 0 aliphatic carbocycles. The lowest BCUT2D eigenvalue weighted by Crippen LogP contribution is -2.54. The van der Waals surface area contributed by atoms with Gasteiger partial charge in [0.05, 0.1) is 6.26 Å². The SMILES string of the molecule is CN=C(NCCNS(=O)(=O)c1cccs1)N1CCN(C(=O)c2ccco2)CC1.I. The van der Waals surface area contributed by atoms with E-state index in [1.54, 1.807) is 41.6 Å². The van der Waals surface area contributed by atoms with E-state index >= 15 is 0 Å². The highest BCUT2D eigenvalue weighted by Gasteiger charge is 2.25. The molecule has 0 saturated carbocycles. The summed E-state index contributed by atoms with van der Waals surface area (Å²) in [7, 11) is -1.78. The van der Waals surface area contributed by atoms with Crippen LogP contribution in [-0.2, 0) is 10.0 Å². The molecule has 2 aromatic rings. The summed E-state index contributed by atoms with van der Waals surface area (Å²) in [6.07, 6.45) is 1.49. The van der Waals surface area contributed by atoms with Crippen LogP contribution in [0.2, 0.25) is 0 Å². The molecule has 12 heteroatoms. The van der Waals surface area contributed by atoms with Crippen LogP contribution in [0.25, 0.3) is 0 Å². The van der Waals surface area contributed by atoms with Crippen molar-refractivity contribution < 1.29 is 17.6 Å².